The van der Waals surface area contributed by atoms with Gasteiger partial charge in [0.2, 0.25) is 0 Å². The van der Waals surface area contributed by atoms with Crippen LogP contribution >= 0.6 is 0 Å². The number of nitrogens with one attached hydrogen (secondary N) is 1. The normalized spacial score (nSPS) is 17.6. The molecule has 4 rings (SSSR count). The Morgan fingerprint density at radius 1 is 1.04 bits per heavy atom. The van der Waals surface area contributed by atoms with Crippen molar-refractivity contribution >= 4 is 6.09 Å². The van der Waals surface area contributed by atoms with Crippen LogP contribution < -0.4 is 5.32 Å². The summed E-state index contributed by atoms with van der Waals surface area (Å²) in [5.41, 5.74) is 4.71. The fourth-order valence-electron chi connectivity index (χ4n) is 4.42. The number of hydrogen-bond donors (Lipinski definition) is 2. The predicted octanol–water partition coefficient (Wildman–Crippen LogP) is 4.08. The molecular weight excluding hydrogens is 326 g/mol. The Labute approximate surface area is 154 Å². The van der Waals surface area contributed by atoms with Gasteiger partial charge in [0.15, 0.2) is 0 Å². The number of benzene rings is 2. The van der Waals surface area contributed by atoms with E-state index in [0.717, 1.165) is 25.7 Å². The lowest BCUT2D eigenvalue weighted by Gasteiger charge is -2.26. The van der Waals surface area contributed by atoms with Crippen molar-refractivity contribution in [2.75, 3.05) is 19.8 Å². The highest BCUT2D eigenvalue weighted by Crippen LogP contribution is 2.44. The van der Waals surface area contributed by atoms with Gasteiger partial charge in [-0.15, -0.1) is 0 Å². The van der Waals surface area contributed by atoms with Crippen LogP contribution in [-0.4, -0.2) is 31.0 Å². The van der Waals surface area contributed by atoms with Gasteiger partial charge in [-0.25, -0.2) is 4.79 Å². The molecule has 0 spiro atoms. The van der Waals surface area contributed by atoms with E-state index in [9.17, 15) is 9.90 Å². The molecule has 2 aliphatic rings. The summed E-state index contributed by atoms with van der Waals surface area (Å²) in [7, 11) is 0. The summed E-state index contributed by atoms with van der Waals surface area (Å²) in [5, 5.41) is 12.5. The van der Waals surface area contributed by atoms with E-state index in [1.165, 1.54) is 22.3 Å². The van der Waals surface area contributed by atoms with Crippen molar-refractivity contribution in [3.8, 4) is 11.1 Å². The molecule has 2 N–H and O–H groups in total. The van der Waals surface area contributed by atoms with Gasteiger partial charge in [-0.1, -0.05) is 61.4 Å². The molecule has 0 aliphatic heterocycles. The average Bonchev–Trinajstić information content (AvgIpc) is 3.28. The zero-order chi connectivity index (χ0) is 18.0. The minimum Gasteiger partial charge on any atom is -0.449 e. The monoisotopic (exact) mass is 351 g/mol. The van der Waals surface area contributed by atoms with Crippen molar-refractivity contribution < 1.29 is 14.6 Å². The highest BCUT2D eigenvalue weighted by molar-refractivity contribution is 5.79. The summed E-state index contributed by atoms with van der Waals surface area (Å²) in [5.74, 6) is 0.0754. The molecule has 136 valence electrons. The largest absolute Gasteiger partial charge is 0.449 e. The maximum absolute atomic E-state index is 12.2. The molecule has 0 saturated heterocycles. The van der Waals surface area contributed by atoms with Crippen molar-refractivity contribution in [2.45, 2.75) is 31.6 Å². The Bertz CT molecular complexity index is 750. The molecule has 26 heavy (non-hydrogen) atoms. The topological polar surface area (TPSA) is 58.6 Å². The molecule has 2 aromatic rings. The second-order valence-electron chi connectivity index (χ2n) is 7.54. The third-order valence-electron chi connectivity index (χ3n) is 5.95. The standard InChI is InChI=1S/C22H25NO3/c24-15-22(11-5-6-12-22)14-23-21(25)26-13-20-18-9-3-1-7-16(18)17-8-2-4-10-19(17)20/h1-4,7-10,20,24H,5-6,11-15H2,(H,23,25). The number of fused-ring (bicyclic) bond motifs is 3. The van der Waals surface area contributed by atoms with Gasteiger partial charge in [0.05, 0.1) is 6.61 Å². The summed E-state index contributed by atoms with van der Waals surface area (Å²) in [6.45, 7) is 0.933. The molecule has 0 heterocycles. The van der Waals surface area contributed by atoms with Crippen LogP contribution in [0.25, 0.3) is 11.1 Å². The zero-order valence-corrected chi connectivity index (χ0v) is 14.9. The lowest BCUT2D eigenvalue weighted by Crippen LogP contribution is -2.38. The Kier molecular flexibility index (Phi) is 4.68. The van der Waals surface area contributed by atoms with Crippen LogP contribution in [0.2, 0.25) is 0 Å². The molecule has 1 amide bonds. The second-order valence-corrected chi connectivity index (χ2v) is 7.54. The summed E-state index contributed by atoms with van der Waals surface area (Å²) in [6.07, 6.45) is 3.77. The third-order valence-corrected chi connectivity index (χ3v) is 5.95. The van der Waals surface area contributed by atoms with E-state index < -0.39 is 6.09 Å². The number of carbonyl (C=O) groups is 1. The number of aliphatic hydroxyl groups excluding tert-OH is 1. The van der Waals surface area contributed by atoms with Gasteiger partial charge in [-0.3, -0.25) is 0 Å². The summed E-state index contributed by atoms with van der Waals surface area (Å²) >= 11 is 0. The molecular formula is C22H25NO3. The highest BCUT2D eigenvalue weighted by Gasteiger charge is 2.34. The van der Waals surface area contributed by atoms with Crippen LogP contribution in [0.1, 0.15) is 42.7 Å². The van der Waals surface area contributed by atoms with Crippen molar-refractivity contribution in [3.63, 3.8) is 0 Å². The molecule has 1 saturated carbocycles. The van der Waals surface area contributed by atoms with E-state index >= 15 is 0 Å². The van der Waals surface area contributed by atoms with Crippen LogP contribution in [0.4, 0.5) is 4.79 Å². The Hall–Kier alpha value is -2.33. The minimum atomic E-state index is -0.397. The molecule has 0 unspecified atom stereocenters. The zero-order valence-electron chi connectivity index (χ0n) is 14.9. The second kappa shape index (κ2) is 7.12. The van der Waals surface area contributed by atoms with E-state index in [-0.39, 0.29) is 17.9 Å². The number of carbonyl (C=O) groups excluding carboxylic acids is 1. The Balaban J connectivity index is 1.41. The molecule has 2 aliphatic carbocycles. The number of amides is 1. The van der Waals surface area contributed by atoms with Crippen molar-refractivity contribution in [1.29, 1.82) is 0 Å². The highest BCUT2D eigenvalue weighted by atomic mass is 16.5. The first kappa shape index (κ1) is 17.1. The maximum Gasteiger partial charge on any atom is 0.407 e. The molecule has 4 nitrogen and oxygen atoms in total. The van der Waals surface area contributed by atoms with Gasteiger partial charge >= 0.3 is 6.09 Å². The maximum atomic E-state index is 12.2. The smallest absolute Gasteiger partial charge is 0.407 e. The van der Waals surface area contributed by atoms with Gasteiger partial charge in [0.25, 0.3) is 0 Å². The number of rotatable bonds is 5. The van der Waals surface area contributed by atoms with Crippen LogP contribution in [-0.2, 0) is 4.74 Å². The molecule has 0 radical (unpaired) electrons. The summed E-state index contributed by atoms with van der Waals surface area (Å²) in [4.78, 5) is 12.2. The molecule has 0 bridgehead atoms. The first-order valence-electron chi connectivity index (χ1n) is 9.42. The molecule has 0 aromatic heterocycles. The van der Waals surface area contributed by atoms with Crippen molar-refractivity contribution in [3.05, 3.63) is 59.7 Å². The van der Waals surface area contributed by atoms with Gasteiger partial charge < -0.3 is 15.2 Å². The molecule has 2 aromatic carbocycles. The molecule has 1 fully saturated rings. The fraction of sp³-hybridized carbons (Fsp3) is 0.409. The number of ether oxygens (including phenoxy) is 1. The first-order chi connectivity index (χ1) is 12.7. The number of alkyl carbamates (subject to hydrolysis) is 1. The van der Waals surface area contributed by atoms with E-state index in [4.69, 9.17) is 4.74 Å². The van der Waals surface area contributed by atoms with Crippen molar-refractivity contribution in [1.82, 2.24) is 5.32 Å². The predicted molar refractivity (Wildman–Crippen MR) is 101 cm³/mol. The SMILES string of the molecule is O=C(NCC1(CO)CCCC1)OCC1c2ccccc2-c2ccccc21. The van der Waals surface area contributed by atoms with Crippen LogP contribution in [0, 0.1) is 5.41 Å². The number of hydrogen-bond acceptors (Lipinski definition) is 3. The van der Waals surface area contributed by atoms with Gasteiger partial charge in [-0.05, 0) is 35.1 Å². The van der Waals surface area contributed by atoms with E-state index in [1.54, 1.807) is 0 Å². The number of aliphatic hydroxyl groups is 1. The van der Waals surface area contributed by atoms with Crippen molar-refractivity contribution in [2.24, 2.45) is 5.41 Å². The fourth-order valence-corrected chi connectivity index (χ4v) is 4.42. The first-order valence-corrected chi connectivity index (χ1v) is 9.42. The Morgan fingerprint density at radius 2 is 1.62 bits per heavy atom. The lowest BCUT2D eigenvalue weighted by atomic mass is 9.87. The van der Waals surface area contributed by atoms with Crippen LogP contribution in [0.3, 0.4) is 0 Å². The van der Waals surface area contributed by atoms with E-state index in [2.05, 4.69) is 29.6 Å². The quantitative estimate of drug-likeness (QED) is 0.853. The lowest BCUT2D eigenvalue weighted by molar-refractivity contribution is 0.111. The van der Waals surface area contributed by atoms with Gasteiger partial charge in [-0.2, -0.15) is 0 Å². The van der Waals surface area contributed by atoms with E-state index in [1.807, 2.05) is 24.3 Å². The Morgan fingerprint density at radius 3 is 2.19 bits per heavy atom. The summed E-state index contributed by atoms with van der Waals surface area (Å²) in [6, 6.07) is 16.6. The third kappa shape index (κ3) is 3.10. The van der Waals surface area contributed by atoms with Gasteiger partial charge in [0.1, 0.15) is 6.61 Å². The average molecular weight is 351 g/mol. The van der Waals surface area contributed by atoms with Gasteiger partial charge in [0, 0.05) is 17.9 Å². The van der Waals surface area contributed by atoms with Crippen LogP contribution in [0.15, 0.2) is 48.5 Å². The summed E-state index contributed by atoms with van der Waals surface area (Å²) < 4.78 is 5.56. The minimum absolute atomic E-state index is 0.0754. The molecule has 0 atom stereocenters. The molecule has 4 heteroatoms. The van der Waals surface area contributed by atoms with E-state index in [0.29, 0.717) is 13.2 Å². The van der Waals surface area contributed by atoms with Crippen LogP contribution in [0.5, 0.6) is 0 Å².